The second-order valence-corrected chi connectivity index (χ2v) is 8.04. The lowest BCUT2D eigenvalue weighted by Gasteiger charge is -2.31. The summed E-state index contributed by atoms with van der Waals surface area (Å²) in [6, 6.07) is 15.1. The quantitative estimate of drug-likeness (QED) is 0.696. The minimum absolute atomic E-state index is 0.0373. The highest BCUT2D eigenvalue weighted by Gasteiger charge is 2.27. The van der Waals surface area contributed by atoms with Crippen molar-refractivity contribution in [3.05, 3.63) is 59.7 Å². The van der Waals surface area contributed by atoms with Crippen LogP contribution < -0.4 is 16.0 Å². The number of piperidine rings is 1. The number of fused-ring (bicyclic) bond motifs is 1. The molecule has 3 N–H and O–H groups in total. The number of nitrogens with zero attached hydrogens (tertiary/aromatic N) is 2. The number of carbonyl (C=O) groups is 2. The van der Waals surface area contributed by atoms with Crippen LogP contribution in [-0.4, -0.2) is 29.9 Å². The fraction of sp³-hybridized carbons (Fsp3) is 0.286. The van der Waals surface area contributed by atoms with Gasteiger partial charge in [0.1, 0.15) is 0 Å². The summed E-state index contributed by atoms with van der Waals surface area (Å²) >= 11 is 1.67. The summed E-state index contributed by atoms with van der Waals surface area (Å²) in [5.74, 6) is -0.498. The van der Waals surface area contributed by atoms with Crippen molar-refractivity contribution in [3.63, 3.8) is 0 Å². The van der Waals surface area contributed by atoms with Crippen molar-refractivity contribution < 1.29 is 9.59 Å². The van der Waals surface area contributed by atoms with E-state index in [0.717, 1.165) is 35.6 Å². The number of nitrogens with one attached hydrogen (secondary N) is 1. The van der Waals surface area contributed by atoms with Crippen LogP contribution in [0.1, 0.15) is 28.8 Å². The maximum absolute atomic E-state index is 12.7. The maximum atomic E-state index is 12.7. The lowest BCUT2D eigenvalue weighted by molar-refractivity contribution is -0.125. The van der Waals surface area contributed by atoms with Crippen LogP contribution in [0.4, 0.5) is 5.13 Å². The molecule has 1 saturated heterocycles. The van der Waals surface area contributed by atoms with Crippen molar-refractivity contribution in [1.82, 2.24) is 10.3 Å². The number of hydrogen-bond donors (Lipinski definition) is 2. The molecule has 0 unspecified atom stereocenters. The van der Waals surface area contributed by atoms with Crippen molar-refractivity contribution >= 4 is 38.5 Å². The van der Waals surface area contributed by atoms with Crippen LogP contribution in [0.25, 0.3) is 10.2 Å². The molecule has 1 fully saturated rings. The van der Waals surface area contributed by atoms with Crippen molar-refractivity contribution in [2.75, 3.05) is 18.0 Å². The highest BCUT2D eigenvalue weighted by molar-refractivity contribution is 7.22. The standard InChI is InChI=1S/C21H22N4O2S/c22-19(26)15-6-3-5-14(11-15)12-23-20(27)16-7-4-10-25(13-16)21-24-17-8-1-2-9-18(17)28-21/h1-3,5-6,8-9,11,16H,4,7,10,12-13H2,(H2,22,26)(H,23,27)/t16-/m0/s1. The van der Waals surface area contributed by atoms with Crippen molar-refractivity contribution in [2.45, 2.75) is 19.4 Å². The number of rotatable bonds is 5. The molecule has 0 saturated carbocycles. The molecule has 1 aliphatic rings. The molecule has 4 rings (SSSR count). The normalized spacial score (nSPS) is 16.9. The Morgan fingerprint density at radius 2 is 2.07 bits per heavy atom. The SMILES string of the molecule is NC(=O)c1cccc(CNC(=O)[C@H]2CCCN(c3nc4ccccc4s3)C2)c1. The Bertz CT molecular complexity index is 983. The monoisotopic (exact) mass is 394 g/mol. The number of amides is 2. The van der Waals surface area contributed by atoms with Crippen LogP contribution >= 0.6 is 11.3 Å². The number of para-hydroxylation sites is 1. The number of nitrogens with two attached hydrogens (primary N) is 1. The average Bonchev–Trinajstić information content (AvgIpc) is 3.16. The Hall–Kier alpha value is -2.93. The number of aromatic nitrogens is 1. The van der Waals surface area contributed by atoms with Gasteiger partial charge in [0.05, 0.1) is 16.1 Å². The first-order valence-corrected chi connectivity index (χ1v) is 10.2. The highest BCUT2D eigenvalue weighted by Crippen LogP contribution is 2.31. The first-order chi connectivity index (χ1) is 13.6. The van der Waals surface area contributed by atoms with E-state index in [4.69, 9.17) is 10.7 Å². The van der Waals surface area contributed by atoms with E-state index in [0.29, 0.717) is 18.7 Å². The molecule has 1 aromatic heterocycles. The summed E-state index contributed by atoms with van der Waals surface area (Å²) in [6.07, 6.45) is 1.83. The molecule has 0 spiro atoms. The fourth-order valence-electron chi connectivity index (χ4n) is 3.53. The number of anilines is 1. The van der Waals surface area contributed by atoms with Gasteiger partial charge in [0.25, 0.3) is 0 Å². The Morgan fingerprint density at radius 1 is 1.21 bits per heavy atom. The van der Waals surface area contributed by atoms with E-state index in [1.165, 1.54) is 4.70 Å². The van der Waals surface area contributed by atoms with E-state index in [2.05, 4.69) is 16.3 Å². The van der Waals surface area contributed by atoms with Gasteiger partial charge in [-0.25, -0.2) is 4.98 Å². The smallest absolute Gasteiger partial charge is 0.248 e. The summed E-state index contributed by atoms with van der Waals surface area (Å²) in [5, 5.41) is 3.98. The van der Waals surface area contributed by atoms with E-state index < -0.39 is 5.91 Å². The second kappa shape index (κ2) is 7.98. The maximum Gasteiger partial charge on any atom is 0.248 e. The lowest BCUT2D eigenvalue weighted by Crippen LogP contribution is -2.42. The number of thiazole rings is 1. The lowest BCUT2D eigenvalue weighted by atomic mass is 9.97. The predicted molar refractivity (Wildman–Crippen MR) is 111 cm³/mol. The summed E-state index contributed by atoms with van der Waals surface area (Å²) in [4.78, 5) is 30.9. The van der Waals surface area contributed by atoms with E-state index >= 15 is 0 Å². The molecule has 0 aliphatic carbocycles. The number of hydrogen-bond acceptors (Lipinski definition) is 5. The van der Waals surface area contributed by atoms with Crippen molar-refractivity contribution in [2.24, 2.45) is 11.7 Å². The van der Waals surface area contributed by atoms with Gasteiger partial charge in [0, 0.05) is 25.2 Å². The largest absolute Gasteiger partial charge is 0.366 e. The third kappa shape index (κ3) is 3.99. The zero-order chi connectivity index (χ0) is 19.5. The Balaban J connectivity index is 1.39. The van der Waals surface area contributed by atoms with Crippen LogP contribution in [0.15, 0.2) is 48.5 Å². The molecule has 0 bridgehead atoms. The van der Waals surface area contributed by atoms with E-state index in [1.54, 1.807) is 29.5 Å². The number of benzene rings is 2. The molecule has 7 heteroatoms. The molecule has 144 valence electrons. The van der Waals surface area contributed by atoms with Crippen LogP contribution in [0.5, 0.6) is 0 Å². The highest BCUT2D eigenvalue weighted by atomic mass is 32.1. The van der Waals surface area contributed by atoms with Gasteiger partial charge in [-0.2, -0.15) is 0 Å². The van der Waals surface area contributed by atoms with Crippen LogP contribution in [0, 0.1) is 5.92 Å². The van der Waals surface area contributed by atoms with Crippen LogP contribution in [0.3, 0.4) is 0 Å². The van der Waals surface area contributed by atoms with Crippen LogP contribution in [-0.2, 0) is 11.3 Å². The molecule has 0 radical (unpaired) electrons. The van der Waals surface area contributed by atoms with Gasteiger partial charge in [-0.05, 0) is 42.7 Å². The van der Waals surface area contributed by atoms with E-state index in [9.17, 15) is 9.59 Å². The molecule has 3 aromatic rings. The molecule has 6 nitrogen and oxygen atoms in total. The zero-order valence-electron chi connectivity index (χ0n) is 15.4. The minimum Gasteiger partial charge on any atom is -0.366 e. The fourth-order valence-corrected chi connectivity index (χ4v) is 4.53. The number of carbonyl (C=O) groups excluding carboxylic acids is 2. The summed E-state index contributed by atoms with van der Waals surface area (Å²) in [6.45, 7) is 1.98. The van der Waals surface area contributed by atoms with Gasteiger partial charge in [-0.1, -0.05) is 35.6 Å². The van der Waals surface area contributed by atoms with Gasteiger partial charge >= 0.3 is 0 Å². The Kier molecular flexibility index (Phi) is 5.25. The third-order valence-corrected chi connectivity index (χ3v) is 6.12. The Morgan fingerprint density at radius 3 is 2.89 bits per heavy atom. The van der Waals surface area contributed by atoms with Crippen molar-refractivity contribution in [1.29, 1.82) is 0 Å². The number of primary amides is 1. The average molecular weight is 395 g/mol. The van der Waals surface area contributed by atoms with Gasteiger partial charge in [-0.15, -0.1) is 0 Å². The summed E-state index contributed by atoms with van der Waals surface area (Å²) in [7, 11) is 0. The summed E-state index contributed by atoms with van der Waals surface area (Å²) < 4.78 is 1.17. The predicted octanol–water partition coefficient (Wildman–Crippen LogP) is 2.93. The third-order valence-electron chi connectivity index (χ3n) is 5.02. The molecular formula is C21H22N4O2S. The Labute approximate surface area is 167 Å². The second-order valence-electron chi connectivity index (χ2n) is 7.03. The molecule has 2 aromatic carbocycles. The van der Waals surface area contributed by atoms with Gasteiger partial charge < -0.3 is 16.0 Å². The first-order valence-electron chi connectivity index (χ1n) is 9.37. The molecular weight excluding hydrogens is 372 g/mol. The van der Waals surface area contributed by atoms with Gasteiger partial charge in [0.15, 0.2) is 5.13 Å². The first kappa shape index (κ1) is 18.4. The van der Waals surface area contributed by atoms with E-state index in [1.807, 2.05) is 24.3 Å². The topological polar surface area (TPSA) is 88.3 Å². The molecule has 2 heterocycles. The minimum atomic E-state index is -0.466. The van der Waals surface area contributed by atoms with E-state index in [-0.39, 0.29) is 11.8 Å². The van der Waals surface area contributed by atoms with Gasteiger partial charge in [0.2, 0.25) is 11.8 Å². The molecule has 28 heavy (non-hydrogen) atoms. The summed E-state index contributed by atoms with van der Waals surface area (Å²) in [5.41, 5.74) is 7.64. The van der Waals surface area contributed by atoms with Gasteiger partial charge in [-0.3, -0.25) is 9.59 Å². The van der Waals surface area contributed by atoms with Crippen molar-refractivity contribution in [3.8, 4) is 0 Å². The molecule has 1 aliphatic heterocycles. The van der Waals surface area contributed by atoms with Crippen LogP contribution in [0.2, 0.25) is 0 Å². The molecule has 2 amide bonds. The zero-order valence-corrected chi connectivity index (χ0v) is 16.2. The molecule has 1 atom stereocenters.